The number of benzene rings is 1. The third-order valence-electron chi connectivity index (χ3n) is 4.10. The van der Waals surface area contributed by atoms with Crippen LogP contribution in [-0.4, -0.2) is 33.2 Å². The highest BCUT2D eigenvalue weighted by Crippen LogP contribution is 2.21. The first kappa shape index (κ1) is 18.6. The number of halogens is 2. The molecule has 0 spiro atoms. The second kappa shape index (κ2) is 7.92. The SMILES string of the molecule is CS(=O)(=O)N(CCC(=O)NC1CCCCC1)c1ccc(F)c(F)c1. The number of carbonyl (C=O) groups excluding carboxylic acids is 1. The molecule has 1 aliphatic carbocycles. The monoisotopic (exact) mass is 360 g/mol. The minimum atomic E-state index is -3.71. The third-order valence-corrected chi connectivity index (χ3v) is 5.30. The summed E-state index contributed by atoms with van der Waals surface area (Å²) < 4.78 is 51.1. The van der Waals surface area contributed by atoms with E-state index in [1.54, 1.807) is 0 Å². The summed E-state index contributed by atoms with van der Waals surface area (Å²) in [5.41, 5.74) is 0.00173. The van der Waals surface area contributed by atoms with Gasteiger partial charge in [0.2, 0.25) is 15.9 Å². The van der Waals surface area contributed by atoms with Gasteiger partial charge in [0.25, 0.3) is 0 Å². The van der Waals surface area contributed by atoms with E-state index < -0.39 is 21.7 Å². The van der Waals surface area contributed by atoms with E-state index in [1.807, 2.05) is 0 Å². The van der Waals surface area contributed by atoms with Crippen molar-refractivity contribution in [2.45, 2.75) is 44.6 Å². The summed E-state index contributed by atoms with van der Waals surface area (Å²) in [5, 5.41) is 2.90. The average Bonchev–Trinajstić information content (AvgIpc) is 2.50. The normalized spacial score (nSPS) is 16.0. The van der Waals surface area contributed by atoms with Gasteiger partial charge in [0.1, 0.15) is 0 Å². The molecule has 0 bridgehead atoms. The van der Waals surface area contributed by atoms with Crippen LogP contribution in [0, 0.1) is 11.6 Å². The summed E-state index contributed by atoms with van der Waals surface area (Å²) in [5.74, 6) is -2.42. The van der Waals surface area contributed by atoms with Crippen LogP contribution >= 0.6 is 0 Å². The molecule has 0 saturated heterocycles. The van der Waals surface area contributed by atoms with E-state index in [-0.39, 0.29) is 30.6 Å². The van der Waals surface area contributed by atoms with Crippen molar-refractivity contribution in [2.75, 3.05) is 17.1 Å². The molecule has 134 valence electrons. The molecule has 1 aliphatic rings. The van der Waals surface area contributed by atoms with Crippen molar-refractivity contribution in [3.8, 4) is 0 Å². The van der Waals surface area contributed by atoms with E-state index in [0.717, 1.165) is 48.4 Å². The number of anilines is 1. The van der Waals surface area contributed by atoms with Gasteiger partial charge in [-0.25, -0.2) is 17.2 Å². The standard InChI is InChI=1S/C16H22F2N2O3S/c1-24(22,23)20(13-7-8-14(17)15(18)11-13)10-9-16(21)19-12-5-3-2-4-6-12/h7-8,11-12H,2-6,9-10H2,1H3,(H,19,21). The highest BCUT2D eigenvalue weighted by molar-refractivity contribution is 7.92. The van der Waals surface area contributed by atoms with E-state index in [2.05, 4.69) is 5.32 Å². The number of rotatable bonds is 6. The smallest absolute Gasteiger partial charge is 0.232 e. The summed E-state index contributed by atoms with van der Waals surface area (Å²) in [4.78, 5) is 12.0. The molecular formula is C16H22F2N2O3S. The molecule has 0 atom stereocenters. The molecule has 24 heavy (non-hydrogen) atoms. The molecule has 0 aromatic heterocycles. The fraction of sp³-hybridized carbons (Fsp3) is 0.562. The number of amides is 1. The summed E-state index contributed by atoms with van der Waals surface area (Å²) in [6.45, 7) is -0.123. The Balaban J connectivity index is 2.01. The highest BCUT2D eigenvalue weighted by Gasteiger charge is 2.21. The molecule has 5 nitrogen and oxygen atoms in total. The van der Waals surface area contributed by atoms with Gasteiger partial charge in [0.15, 0.2) is 11.6 Å². The summed E-state index contributed by atoms with van der Waals surface area (Å²) in [6.07, 6.45) is 6.13. The Bertz CT molecular complexity index is 689. The van der Waals surface area contributed by atoms with E-state index in [1.165, 1.54) is 12.5 Å². The lowest BCUT2D eigenvalue weighted by atomic mass is 9.95. The first-order valence-electron chi connectivity index (χ1n) is 7.99. The maximum absolute atomic E-state index is 13.4. The Morgan fingerprint density at radius 1 is 1.21 bits per heavy atom. The molecule has 0 heterocycles. The van der Waals surface area contributed by atoms with E-state index in [4.69, 9.17) is 0 Å². The van der Waals surface area contributed by atoms with Crippen LogP contribution < -0.4 is 9.62 Å². The summed E-state index contributed by atoms with van der Waals surface area (Å²) in [7, 11) is -3.71. The molecule has 1 fully saturated rings. The van der Waals surface area contributed by atoms with Crippen LogP contribution in [0.4, 0.5) is 14.5 Å². The van der Waals surface area contributed by atoms with Gasteiger partial charge in [-0.2, -0.15) is 0 Å². The van der Waals surface area contributed by atoms with Crippen molar-refractivity contribution >= 4 is 21.6 Å². The quantitative estimate of drug-likeness (QED) is 0.848. The lowest BCUT2D eigenvalue weighted by molar-refractivity contribution is -0.121. The van der Waals surface area contributed by atoms with E-state index >= 15 is 0 Å². The second-order valence-electron chi connectivity index (χ2n) is 6.09. The van der Waals surface area contributed by atoms with Gasteiger partial charge in [0.05, 0.1) is 11.9 Å². The summed E-state index contributed by atoms with van der Waals surface area (Å²) >= 11 is 0. The van der Waals surface area contributed by atoms with Crippen LogP contribution in [0.2, 0.25) is 0 Å². The molecule has 2 rings (SSSR count). The lowest BCUT2D eigenvalue weighted by Crippen LogP contribution is -2.39. The minimum absolute atomic E-state index is 0.00173. The molecule has 1 amide bonds. The van der Waals surface area contributed by atoms with Crippen LogP contribution in [0.25, 0.3) is 0 Å². The highest BCUT2D eigenvalue weighted by atomic mass is 32.2. The lowest BCUT2D eigenvalue weighted by Gasteiger charge is -2.25. The zero-order valence-corrected chi connectivity index (χ0v) is 14.4. The molecule has 8 heteroatoms. The van der Waals surface area contributed by atoms with Crippen molar-refractivity contribution in [3.05, 3.63) is 29.8 Å². The Morgan fingerprint density at radius 2 is 1.88 bits per heavy atom. The molecule has 1 aromatic carbocycles. The van der Waals surface area contributed by atoms with Gasteiger partial charge < -0.3 is 5.32 Å². The van der Waals surface area contributed by atoms with Gasteiger partial charge in [-0.3, -0.25) is 9.10 Å². The Morgan fingerprint density at radius 3 is 2.46 bits per heavy atom. The second-order valence-corrected chi connectivity index (χ2v) is 7.99. The van der Waals surface area contributed by atoms with Crippen LogP contribution in [0.1, 0.15) is 38.5 Å². The van der Waals surface area contributed by atoms with Crippen LogP contribution in [0.5, 0.6) is 0 Å². The maximum Gasteiger partial charge on any atom is 0.232 e. The predicted molar refractivity (Wildman–Crippen MR) is 88.2 cm³/mol. The molecular weight excluding hydrogens is 338 g/mol. The van der Waals surface area contributed by atoms with Gasteiger partial charge in [-0.05, 0) is 25.0 Å². The fourth-order valence-electron chi connectivity index (χ4n) is 2.88. The minimum Gasteiger partial charge on any atom is -0.353 e. The molecule has 0 radical (unpaired) electrons. The fourth-order valence-corrected chi connectivity index (χ4v) is 3.80. The largest absolute Gasteiger partial charge is 0.353 e. The summed E-state index contributed by atoms with van der Waals surface area (Å²) in [6, 6.07) is 3.00. The van der Waals surface area contributed by atoms with Crippen molar-refractivity contribution in [1.82, 2.24) is 5.32 Å². The Kier molecular flexibility index (Phi) is 6.15. The zero-order chi connectivity index (χ0) is 17.7. The number of nitrogens with zero attached hydrogens (tertiary/aromatic N) is 1. The average molecular weight is 360 g/mol. The number of hydrogen-bond donors (Lipinski definition) is 1. The molecule has 0 unspecified atom stereocenters. The number of nitrogens with one attached hydrogen (secondary N) is 1. The first-order valence-corrected chi connectivity index (χ1v) is 9.84. The Labute approximate surface area is 141 Å². The van der Waals surface area contributed by atoms with Gasteiger partial charge >= 0.3 is 0 Å². The van der Waals surface area contributed by atoms with Crippen molar-refractivity contribution < 1.29 is 22.0 Å². The van der Waals surface area contributed by atoms with Gasteiger partial charge in [-0.1, -0.05) is 19.3 Å². The molecule has 1 aromatic rings. The van der Waals surface area contributed by atoms with Crippen LogP contribution in [-0.2, 0) is 14.8 Å². The molecule has 1 saturated carbocycles. The number of sulfonamides is 1. The van der Waals surface area contributed by atoms with Crippen molar-refractivity contribution in [3.63, 3.8) is 0 Å². The molecule has 1 N–H and O–H groups in total. The number of hydrogen-bond acceptors (Lipinski definition) is 3. The van der Waals surface area contributed by atoms with Gasteiger partial charge in [-0.15, -0.1) is 0 Å². The predicted octanol–water partition coefficient (Wildman–Crippen LogP) is 2.57. The van der Waals surface area contributed by atoms with Crippen LogP contribution in [0.3, 0.4) is 0 Å². The maximum atomic E-state index is 13.4. The van der Waals surface area contributed by atoms with Gasteiger partial charge in [0, 0.05) is 25.1 Å². The van der Waals surface area contributed by atoms with Crippen molar-refractivity contribution in [1.29, 1.82) is 0 Å². The van der Waals surface area contributed by atoms with E-state index in [0.29, 0.717) is 0 Å². The van der Waals surface area contributed by atoms with Crippen LogP contribution in [0.15, 0.2) is 18.2 Å². The van der Waals surface area contributed by atoms with E-state index in [9.17, 15) is 22.0 Å². The third kappa shape index (κ3) is 5.15. The first-order chi connectivity index (χ1) is 11.3. The number of carbonyl (C=O) groups is 1. The topological polar surface area (TPSA) is 66.5 Å². The van der Waals surface area contributed by atoms with Crippen molar-refractivity contribution in [2.24, 2.45) is 0 Å². The Hall–Kier alpha value is -1.70. The zero-order valence-electron chi connectivity index (χ0n) is 13.6. The molecule has 0 aliphatic heterocycles.